The third kappa shape index (κ3) is 6.28. The molecule has 0 bridgehead atoms. The van der Waals surface area contributed by atoms with Crippen molar-refractivity contribution in [2.75, 3.05) is 13.7 Å². The van der Waals surface area contributed by atoms with Gasteiger partial charge >= 0.3 is 5.97 Å². The molecule has 0 amide bonds. The van der Waals surface area contributed by atoms with Crippen molar-refractivity contribution in [3.8, 4) is 0 Å². The van der Waals surface area contributed by atoms with E-state index in [1.807, 2.05) is 13.8 Å². The summed E-state index contributed by atoms with van der Waals surface area (Å²) in [4.78, 5) is 11.2. The van der Waals surface area contributed by atoms with E-state index in [0.29, 0.717) is 18.6 Å². The first-order chi connectivity index (χ1) is 7.15. The first kappa shape index (κ1) is 14.2. The van der Waals surface area contributed by atoms with Gasteiger partial charge in [-0.2, -0.15) is 0 Å². The summed E-state index contributed by atoms with van der Waals surface area (Å²) in [7, 11) is 1.40. The van der Waals surface area contributed by atoms with Crippen LogP contribution >= 0.6 is 0 Å². The number of hydrogen-bond donors (Lipinski definition) is 0. The maximum Gasteiger partial charge on any atom is 0.333 e. The van der Waals surface area contributed by atoms with Gasteiger partial charge in [-0.1, -0.05) is 20.3 Å². The van der Waals surface area contributed by atoms with Gasteiger partial charge in [-0.25, -0.2) is 4.79 Å². The second-order valence-electron chi connectivity index (χ2n) is 3.51. The number of rotatable bonds is 7. The Hall–Kier alpha value is -0.830. The fourth-order valence-corrected chi connectivity index (χ4v) is 1.31. The van der Waals surface area contributed by atoms with Crippen molar-refractivity contribution in [2.24, 2.45) is 0 Å². The maximum atomic E-state index is 11.2. The first-order valence-electron chi connectivity index (χ1n) is 5.54. The fourth-order valence-electron chi connectivity index (χ4n) is 1.31. The fraction of sp³-hybridized carbons (Fsp3) is 0.750. The highest BCUT2D eigenvalue weighted by atomic mass is 16.5. The molecule has 0 aliphatic heterocycles. The van der Waals surface area contributed by atoms with Gasteiger partial charge in [-0.05, 0) is 25.8 Å². The van der Waals surface area contributed by atoms with Crippen molar-refractivity contribution in [2.45, 2.75) is 46.1 Å². The Morgan fingerprint density at radius 1 is 1.40 bits per heavy atom. The molecule has 3 heteroatoms. The van der Waals surface area contributed by atoms with Gasteiger partial charge in [0.15, 0.2) is 0 Å². The van der Waals surface area contributed by atoms with Crippen LogP contribution in [0.5, 0.6) is 0 Å². The number of hydrogen-bond acceptors (Lipinski definition) is 3. The SMILES string of the molecule is CCCC(C)OC/C=C(/CC)C(=O)OC. The number of methoxy groups -OCH3 is 1. The van der Waals surface area contributed by atoms with Crippen LogP contribution in [0.1, 0.15) is 40.0 Å². The molecule has 1 unspecified atom stereocenters. The van der Waals surface area contributed by atoms with Crippen molar-refractivity contribution in [3.05, 3.63) is 11.6 Å². The van der Waals surface area contributed by atoms with Crippen LogP contribution in [0.2, 0.25) is 0 Å². The van der Waals surface area contributed by atoms with Crippen LogP contribution in [0.3, 0.4) is 0 Å². The van der Waals surface area contributed by atoms with E-state index in [1.165, 1.54) is 7.11 Å². The van der Waals surface area contributed by atoms with Gasteiger partial charge in [0.05, 0.1) is 19.8 Å². The third-order valence-electron chi connectivity index (χ3n) is 2.23. The molecule has 0 saturated carbocycles. The van der Waals surface area contributed by atoms with E-state index in [9.17, 15) is 4.79 Å². The minimum absolute atomic E-state index is 0.252. The Kier molecular flexibility index (Phi) is 8.01. The highest BCUT2D eigenvalue weighted by Crippen LogP contribution is 2.05. The van der Waals surface area contributed by atoms with Gasteiger partial charge in [0.2, 0.25) is 0 Å². The molecular weight excluding hydrogens is 192 g/mol. The van der Waals surface area contributed by atoms with Crippen LogP contribution < -0.4 is 0 Å². The minimum Gasteiger partial charge on any atom is -0.466 e. The Bertz CT molecular complexity index is 209. The van der Waals surface area contributed by atoms with E-state index in [1.54, 1.807) is 6.08 Å². The molecule has 0 rings (SSSR count). The average molecular weight is 214 g/mol. The zero-order chi connectivity index (χ0) is 11.7. The molecular formula is C12H22O3. The van der Waals surface area contributed by atoms with Crippen molar-refractivity contribution in [3.63, 3.8) is 0 Å². The summed E-state index contributed by atoms with van der Waals surface area (Å²) in [5.41, 5.74) is 0.682. The minimum atomic E-state index is -0.260. The van der Waals surface area contributed by atoms with Gasteiger partial charge in [-0.3, -0.25) is 0 Å². The lowest BCUT2D eigenvalue weighted by molar-refractivity contribution is -0.136. The van der Waals surface area contributed by atoms with E-state index in [0.717, 1.165) is 12.8 Å². The normalized spacial score (nSPS) is 13.7. The van der Waals surface area contributed by atoms with Gasteiger partial charge in [0.1, 0.15) is 0 Å². The van der Waals surface area contributed by atoms with Crippen LogP contribution in [-0.4, -0.2) is 25.8 Å². The Morgan fingerprint density at radius 2 is 2.07 bits per heavy atom. The Balaban J connectivity index is 3.96. The molecule has 0 spiro atoms. The molecule has 0 aliphatic rings. The molecule has 0 aromatic heterocycles. The first-order valence-corrected chi connectivity index (χ1v) is 5.54. The number of ether oxygens (including phenoxy) is 2. The van der Waals surface area contributed by atoms with Crippen molar-refractivity contribution in [1.29, 1.82) is 0 Å². The monoisotopic (exact) mass is 214 g/mol. The van der Waals surface area contributed by atoms with E-state index >= 15 is 0 Å². The molecule has 1 atom stereocenters. The molecule has 0 heterocycles. The Labute approximate surface area is 92.5 Å². The van der Waals surface area contributed by atoms with Crippen molar-refractivity contribution < 1.29 is 14.3 Å². The molecule has 88 valence electrons. The van der Waals surface area contributed by atoms with Gasteiger partial charge in [-0.15, -0.1) is 0 Å². The summed E-state index contributed by atoms with van der Waals surface area (Å²) in [6.45, 7) is 6.58. The molecule has 3 nitrogen and oxygen atoms in total. The van der Waals surface area contributed by atoms with Gasteiger partial charge in [0, 0.05) is 5.57 Å². The van der Waals surface area contributed by atoms with Crippen LogP contribution in [0.4, 0.5) is 0 Å². The zero-order valence-electron chi connectivity index (χ0n) is 10.2. The lowest BCUT2D eigenvalue weighted by Gasteiger charge is -2.10. The smallest absolute Gasteiger partial charge is 0.333 e. The molecule has 0 aliphatic carbocycles. The largest absolute Gasteiger partial charge is 0.466 e. The quantitative estimate of drug-likeness (QED) is 0.483. The number of carbonyl (C=O) groups excluding carboxylic acids is 1. The van der Waals surface area contributed by atoms with Crippen LogP contribution in [0, 0.1) is 0 Å². The summed E-state index contributed by atoms with van der Waals surface area (Å²) in [5.74, 6) is -0.260. The molecule has 0 aromatic carbocycles. The van der Waals surface area contributed by atoms with Crippen molar-refractivity contribution in [1.82, 2.24) is 0 Å². The summed E-state index contributed by atoms with van der Waals surface area (Å²) in [6.07, 6.45) is 4.90. The summed E-state index contributed by atoms with van der Waals surface area (Å²) < 4.78 is 10.2. The molecule has 15 heavy (non-hydrogen) atoms. The molecule has 0 fully saturated rings. The lowest BCUT2D eigenvalue weighted by atomic mass is 10.2. The van der Waals surface area contributed by atoms with Crippen LogP contribution in [0.15, 0.2) is 11.6 Å². The number of carbonyl (C=O) groups is 1. The molecule has 0 saturated heterocycles. The van der Waals surface area contributed by atoms with E-state index in [2.05, 4.69) is 11.7 Å². The summed E-state index contributed by atoms with van der Waals surface area (Å²) in [5, 5.41) is 0. The predicted octanol–water partition coefficient (Wildman–Crippen LogP) is 2.70. The predicted molar refractivity (Wildman–Crippen MR) is 60.7 cm³/mol. The molecule has 0 radical (unpaired) electrons. The maximum absolute atomic E-state index is 11.2. The van der Waals surface area contributed by atoms with E-state index in [-0.39, 0.29) is 12.1 Å². The van der Waals surface area contributed by atoms with Crippen LogP contribution in [0.25, 0.3) is 0 Å². The van der Waals surface area contributed by atoms with Crippen molar-refractivity contribution >= 4 is 5.97 Å². The zero-order valence-corrected chi connectivity index (χ0v) is 10.2. The van der Waals surface area contributed by atoms with Gasteiger partial charge in [0.25, 0.3) is 0 Å². The lowest BCUT2D eigenvalue weighted by Crippen LogP contribution is -2.10. The highest BCUT2D eigenvalue weighted by Gasteiger charge is 2.06. The molecule has 0 aromatic rings. The van der Waals surface area contributed by atoms with E-state index < -0.39 is 0 Å². The Morgan fingerprint density at radius 3 is 2.53 bits per heavy atom. The number of esters is 1. The van der Waals surface area contributed by atoms with E-state index in [4.69, 9.17) is 4.74 Å². The summed E-state index contributed by atoms with van der Waals surface area (Å²) >= 11 is 0. The second kappa shape index (κ2) is 8.48. The van der Waals surface area contributed by atoms with Gasteiger partial charge < -0.3 is 9.47 Å². The van der Waals surface area contributed by atoms with Crippen LogP contribution in [-0.2, 0) is 14.3 Å². The summed E-state index contributed by atoms with van der Waals surface area (Å²) in [6, 6.07) is 0. The molecule has 0 N–H and O–H groups in total. The topological polar surface area (TPSA) is 35.5 Å². The third-order valence-corrected chi connectivity index (χ3v) is 2.23. The average Bonchev–Trinajstić information content (AvgIpc) is 2.24. The standard InChI is InChI=1S/C12H22O3/c1-5-7-10(3)15-9-8-11(6-2)12(13)14-4/h8,10H,5-7,9H2,1-4H3/b11-8-. The highest BCUT2D eigenvalue weighted by molar-refractivity contribution is 5.88. The second-order valence-corrected chi connectivity index (χ2v) is 3.51.